The SMILES string of the molecule is COc1ccc2nnn(CC[C@H](C(=O)O)[C@H](O)CCc3ccc(-c4cnc(OC)nc4)cc3)c(=O)c2c1. The minimum Gasteiger partial charge on any atom is -0.497 e. The van der Waals surface area contributed by atoms with E-state index in [-0.39, 0.29) is 19.4 Å². The molecule has 192 valence electrons. The molecule has 0 saturated heterocycles. The number of hydrogen-bond donors (Lipinski definition) is 2. The van der Waals surface area contributed by atoms with Crippen molar-refractivity contribution < 1.29 is 24.5 Å². The standard InChI is InChI=1S/C26H27N5O6/c1-36-19-8-9-22-21(13-19)24(33)31(30-29-22)12-11-20(25(34)35)23(32)10-5-16-3-6-17(7-4-16)18-14-27-26(37-2)28-15-18/h3-4,6-9,13-15,20,23,32H,5,10-12H2,1-2H3,(H,34,35)/t20-,23+/m0/s1. The molecular weight excluding hydrogens is 478 g/mol. The van der Waals surface area contributed by atoms with Crippen molar-refractivity contribution in [1.82, 2.24) is 25.0 Å². The zero-order valence-corrected chi connectivity index (χ0v) is 20.4. The van der Waals surface area contributed by atoms with E-state index in [9.17, 15) is 19.8 Å². The number of benzene rings is 2. The van der Waals surface area contributed by atoms with Crippen LogP contribution in [0.4, 0.5) is 0 Å². The highest BCUT2D eigenvalue weighted by molar-refractivity contribution is 5.78. The molecule has 11 heteroatoms. The molecule has 2 aromatic carbocycles. The molecule has 0 saturated carbocycles. The van der Waals surface area contributed by atoms with Crippen LogP contribution in [-0.4, -0.2) is 61.5 Å². The fourth-order valence-electron chi connectivity index (χ4n) is 4.02. The van der Waals surface area contributed by atoms with Gasteiger partial charge in [0.25, 0.3) is 5.56 Å². The van der Waals surface area contributed by atoms with E-state index in [2.05, 4.69) is 20.3 Å². The number of aliphatic hydroxyl groups is 1. The van der Waals surface area contributed by atoms with Crippen molar-refractivity contribution in [2.45, 2.75) is 31.9 Å². The minimum atomic E-state index is -1.13. The lowest BCUT2D eigenvalue weighted by molar-refractivity contribution is -0.146. The number of carbonyl (C=O) groups is 1. The van der Waals surface area contributed by atoms with Crippen LogP contribution in [0.15, 0.2) is 59.7 Å². The summed E-state index contributed by atoms with van der Waals surface area (Å²) in [5.41, 5.74) is 2.73. The third kappa shape index (κ3) is 6.07. The first-order valence-corrected chi connectivity index (χ1v) is 11.7. The van der Waals surface area contributed by atoms with Crippen molar-refractivity contribution in [3.63, 3.8) is 0 Å². The predicted molar refractivity (Wildman–Crippen MR) is 134 cm³/mol. The summed E-state index contributed by atoms with van der Waals surface area (Å²) in [6.45, 7) is 0.00559. The Morgan fingerprint density at radius 1 is 1.00 bits per heavy atom. The third-order valence-corrected chi connectivity index (χ3v) is 6.19. The molecule has 0 amide bonds. The first-order chi connectivity index (χ1) is 17.9. The molecule has 0 spiro atoms. The molecule has 11 nitrogen and oxygen atoms in total. The van der Waals surface area contributed by atoms with Gasteiger partial charge in [0.1, 0.15) is 11.3 Å². The van der Waals surface area contributed by atoms with E-state index in [0.717, 1.165) is 21.4 Å². The average molecular weight is 506 g/mol. The van der Waals surface area contributed by atoms with E-state index in [0.29, 0.717) is 29.1 Å². The second kappa shape index (κ2) is 11.6. The van der Waals surface area contributed by atoms with Gasteiger partial charge in [-0.1, -0.05) is 29.5 Å². The molecule has 0 aliphatic carbocycles. The molecule has 0 aliphatic heterocycles. The molecule has 0 unspecified atom stereocenters. The van der Waals surface area contributed by atoms with E-state index in [4.69, 9.17) is 9.47 Å². The monoisotopic (exact) mass is 505 g/mol. The smallest absolute Gasteiger partial charge is 0.316 e. The highest BCUT2D eigenvalue weighted by Gasteiger charge is 2.26. The average Bonchev–Trinajstić information content (AvgIpc) is 2.93. The van der Waals surface area contributed by atoms with Crippen molar-refractivity contribution in [2.24, 2.45) is 5.92 Å². The van der Waals surface area contributed by atoms with Gasteiger partial charge in [-0.3, -0.25) is 9.59 Å². The van der Waals surface area contributed by atoms with Crippen molar-refractivity contribution in [3.05, 3.63) is 70.8 Å². The number of nitrogens with zero attached hydrogens (tertiary/aromatic N) is 5. The van der Waals surface area contributed by atoms with Crippen LogP contribution in [0.2, 0.25) is 0 Å². The van der Waals surface area contributed by atoms with Gasteiger partial charge >= 0.3 is 12.0 Å². The van der Waals surface area contributed by atoms with Gasteiger partial charge in [-0.05, 0) is 48.6 Å². The summed E-state index contributed by atoms with van der Waals surface area (Å²) in [4.78, 5) is 32.9. The zero-order chi connectivity index (χ0) is 26.4. The van der Waals surface area contributed by atoms with Gasteiger partial charge in [-0.2, -0.15) is 0 Å². The Balaban J connectivity index is 1.38. The molecule has 2 heterocycles. The Bertz CT molecular complexity index is 1420. The largest absolute Gasteiger partial charge is 0.497 e. The van der Waals surface area contributed by atoms with Crippen molar-refractivity contribution in [3.8, 4) is 22.9 Å². The summed E-state index contributed by atoms with van der Waals surface area (Å²) in [5, 5.41) is 28.6. The van der Waals surface area contributed by atoms with Crippen LogP contribution < -0.4 is 15.0 Å². The summed E-state index contributed by atoms with van der Waals surface area (Å²) in [7, 11) is 3.00. The summed E-state index contributed by atoms with van der Waals surface area (Å²) >= 11 is 0. The van der Waals surface area contributed by atoms with Crippen LogP contribution >= 0.6 is 0 Å². The Hall–Kier alpha value is -4.38. The zero-order valence-electron chi connectivity index (χ0n) is 20.4. The fraction of sp³-hybridized carbons (Fsp3) is 0.308. The quantitative estimate of drug-likeness (QED) is 0.311. The molecule has 0 fully saturated rings. The Morgan fingerprint density at radius 3 is 2.38 bits per heavy atom. The Morgan fingerprint density at radius 2 is 1.73 bits per heavy atom. The molecule has 2 atom stereocenters. The fourth-order valence-corrected chi connectivity index (χ4v) is 4.02. The van der Waals surface area contributed by atoms with E-state index >= 15 is 0 Å². The number of methoxy groups -OCH3 is 2. The number of hydrogen-bond acceptors (Lipinski definition) is 9. The second-order valence-corrected chi connectivity index (χ2v) is 8.50. The summed E-state index contributed by atoms with van der Waals surface area (Å²) in [6, 6.07) is 12.8. The van der Waals surface area contributed by atoms with Crippen molar-refractivity contribution >= 4 is 16.9 Å². The minimum absolute atomic E-state index is 0.00559. The molecule has 2 aromatic heterocycles. The molecule has 0 radical (unpaired) electrons. The molecule has 0 aliphatic rings. The molecular formula is C26H27N5O6. The number of aromatic nitrogens is 5. The highest BCUT2D eigenvalue weighted by atomic mass is 16.5. The number of carboxylic acids is 1. The summed E-state index contributed by atoms with van der Waals surface area (Å²) in [5.74, 6) is -1.69. The number of carboxylic acid groups (broad SMARTS) is 1. The lowest BCUT2D eigenvalue weighted by atomic mass is 9.93. The summed E-state index contributed by atoms with van der Waals surface area (Å²) in [6.07, 6.45) is 3.00. The van der Waals surface area contributed by atoms with Crippen molar-refractivity contribution in [1.29, 1.82) is 0 Å². The molecule has 0 bridgehead atoms. The van der Waals surface area contributed by atoms with E-state index in [1.54, 1.807) is 30.6 Å². The number of aliphatic carboxylic acids is 1. The second-order valence-electron chi connectivity index (χ2n) is 8.50. The topological polar surface area (TPSA) is 150 Å². The lowest BCUT2D eigenvalue weighted by Crippen LogP contribution is -2.32. The van der Waals surface area contributed by atoms with Crippen LogP contribution in [-0.2, 0) is 17.8 Å². The first-order valence-electron chi connectivity index (χ1n) is 11.7. The van der Waals surface area contributed by atoms with E-state index < -0.39 is 23.6 Å². The number of ether oxygens (including phenoxy) is 2. The van der Waals surface area contributed by atoms with Crippen molar-refractivity contribution in [2.75, 3.05) is 14.2 Å². The number of rotatable bonds is 11. The van der Waals surface area contributed by atoms with Crippen LogP contribution in [0.25, 0.3) is 22.0 Å². The van der Waals surface area contributed by atoms with Gasteiger partial charge in [0.05, 0.1) is 31.6 Å². The molecule has 37 heavy (non-hydrogen) atoms. The molecule has 4 rings (SSSR count). The maximum absolute atomic E-state index is 12.8. The van der Waals surface area contributed by atoms with Gasteiger partial charge in [-0.25, -0.2) is 14.6 Å². The van der Waals surface area contributed by atoms with Gasteiger partial charge in [0.15, 0.2) is 0 Å². The normalized spacial score (nSPS) is 12.7. The predicted octanol–water partition coefficient (Wildman–Crippen LogP) is 2.35. The number of aliphatic hydroxyl groups excluding tert-OH is 1. The first kappa shape index (κ1) is 25.7. The maximum atomic E-state index is 12.8. The lowest BCUT2D eigenvalue weighted by Gasteiger charge is -2.19. The van der Waals surface area contributed by atoms with Gasteiger partial charge in [0, 0.05) is 24.5 Å². The number of fused-ring (bicyclic) bond motifs is 1. The van der Waals surface area contributed by atoms with Gasteiger partial charge in [-0.15, -0.1) is 5.10 Å². The number of aryl methyl sites for hydroxylation is 2. The third-order valence-electron chi connectivity index (χ3n) is 6.19. The van der Waals surface area contributed by atoms with E-state index in [1.165, 1.54) is 14.2 Å². The Kier molecular flexibility index (Phi) is 8.04. The highest BCUT2D eigenvalue weighted by Crippen LogP contribution is 2.22. The Labute approximate surface area is 212 Å². The van der Waals surface area contributed by atoms with Gasteiger partial charge < -0.3 is 19.7 Å². The summed E-state index contributed by atoms with van der Waals surface area (Å²) < 4.78 is 11.3. The van der Waals surface area contributed by atoms with E-state index in [1.807, 2.05) is 24.3 Å². The van der Waals surface area contributed by atoms with Crippen LogP contribution in [0.3, 0.4) is 0 Å². The van der Waals surface area contributed by atoms with Crippen LogP contribution in [0.5, 0.6) is 11.8 Å². The van der Waals surface area contributed by atoms with Crippen LogP contribution in [0.1, 0.15) is 18.4 Å². The van der Waals surface area contributed by atoms with Crippen LogP contribution in [0, 0.1) is 5.92 Å². The molecule has 4 aromatic rings. The maximum Gasteiger partial charge on any atom is 0.316 e. The van der Waals surface area contributed by atoms with Gasteiger partial charge in [0.2, 0.25) is 0 Å². The molecule has 2 N–H and O–H groups in total.